The minimum Gasteiger partial charge on any atom is -0.461 e. The predicted octanol–water partition coefficient (Wildman–Crippen LogP) is 2.58. The average molecular weight is 424 g/mol. The Labute approximate surface area is 177 Å². The molecule has 0 atom stereocenters. The van der Waals surface area contributed by atoms with E-state index in [2.05, 4.69) is 0 Å². The number of hydrogen-bond acceptors (Lipinski definition) is 7. The summed E-state index contributed by atoms with van der Waals surface area (Å²) in [5.41, 5.74) is 1.98. The SMILES string of the molecule is O=C(CCCc1ccc(N2C(=O)C=CC2=O)cc1)OCc1ccc([N+](=O)[O-])c(CO)c1. The molecule has 0 spiro atoms. The van der Waals surface area contributed by atoms with Gasteiger partial charge in [-0.25, -0.2) is 4.90 Å². The summed E-state index contributed by atoms with van der Waals surface area (Å²) < 4.78 is 5.20. The summed E-state index contributed by atoms with van der Waals surface area (Å²) in [6.07, 6.45) is 3.80. The molecule has 0 saturated carbocycles. The van der Waals surface area contributed by atoms with Crippen LogP contribution < -0.4 is 4.90 Å². The molecule has 2 aromatic rings. The third kappa shape index (κ3) is 5.40. The maximum absolute atomic E-state index is 12.0. The van der Waals surface area contributed by atoms with Gasteiger partial charge >= 0.3 is 5.97 Å². The molecule has 0 bridgehead atoms. The lowest BCUT2D eigenvalue weighted by atomic mass is 10.1. The molecule has 0 saturated heterocycles. The number of aliphatic hydroxyl groups is 1. The third-order valence-electron chi connectivity index (χ3n) is 4.76. The first-order valence-corrected chi connectivity index (χ1v) is 9.57. The lowest BCUT2D eigenvalue weighted by Crippen LogP contribution is -2.29. The van der Waals surface area contributed by atoms with Gasteiger partial charge in [-0.1, -0.05) is 12.1 Å². The molecule has 1 aliphatic rings. The molecule has 9 nitrogen and oxygen atoms in total. The smallest absolute Gasteiger partial charge is 0.306 e. The van der Waals surface area contributed by atoms with Crippen molar-refractivity contribution in [3.63, 3.8) is 0 Å². The Balaban J connectivity index is 1.45. The summed E-state index contributed by atoms with van der Waals surface area (Å²) in [6.45, 7) is -0.516. The number of aryl methyl sites for hydroxylation is 1. The number of rotatable bonds is 9. The molecule has 0 unspecified atom stereocenters. The Hall–Kier alpha value is -3.85. The van der Waals surface area contributed by atoms with Crippen molar-refractivity contribution >= 4 is 29.2 Å². The fourth-order valence-electron chi connectivity index (χ4n) is 3.17. The van der Waals surface area contributed by atoms with Crippen molar-refractivity contribution in [2.24, 2.45) is 0 Å². The molecule has 0 aliphatic carbocycles. The van der Waals surface area contributed by atoms with Gasteiger partial charge in [0.1, 0.15) is 6.61 Å². The number of ether oxygens (including phenoxy) is 1. The van der Waals surface area contributed by atoms with Crippen molar-refractivity contribution in [2.75, 3.05) is 4.90 Å². The lowest BCUT2D eigenvalue weighted by molar-refractivity contribution is -0.385. The predicted molar refractivity (Wildman–Crippen MR) is 110 cm³/mol. The number of carbonyl (C=O) groups is 3. The number of hydrogen-bond donors (Lipinski definition) is 1. The van der Waals surface area contributed by atoms with Crippen molar-refractivity contribution in [1.29, 1.82) is 0 Å². The minimum absolute atomic E-state index is 0.0372. The van der Waals surface area contributed by atoms with E-state index in [1.807, 2.05) is 0 Å². The quantitative estimate of drug-likeness (QED) is 0.284. The Morgan fingerprint density at radius 2 is 1.68 bits per heavy atom. The van der Waals surface area contributed by atoms with Gasteiger partial charge in [0.2, 0.25) is 0 Å². The van der Waals surface area contributed by atoms with Gasteiger partial charge in [-0.3, -0.25) is 24.5 Å². The van der Waals surface area contributed by atoms with Crippen LogP contribution in [0.4, 0.5) is 11.4 Å². The summed E-state index contributed by atoms with van der Waals surface area (Å²) in [7, 11) is 0. The highest BCUT2D eigenvalue weighted by Gasteiger charge is 2.24. The van der Waals surface area contributed by atoms with Crippen LogP contribution in [0.2, 0.25) is 0 Å². The topological polar surface area (TPSA) is 127 Å². The van der Waals surface area contributed by atoms with Crippen molar-refractivity contribution in [3.05, 3.63) is 81.4 Å². The monoisotopic (exact) mass is 424 g/mol. The summed E-state index contributed by atoms with van der Waals surface area (Å²) >= 11 is 0. The van der Waals surface area contributed by atoms with Gasteiger partial charge in [0, 0.05) is 24.6 Å². The Kier molecular flexibility index (Phi) is 6.88. The highest BCUT2D eigenvalue weighted by molar-refractivity contribution is 6.28. The van der Waals surface area contributed by atoms with E-state index in [1.165, 1.54) is 30.4 Å². The zero-order valence-electron chi connectivity index (χ0n) is 16.5. The van der Waals surface area contributed by atoms with Gasteiger partial charge in [-0.2, -0.15) is 0 Å². The third-order valence-corrected chi connectivity index (χ3v) is 4.76. The van der Waals surface area contributed by atoms with Crippen LogP contribution in [0.3, 0.4) is 0 Å². The van der Waals surface area contributed by atoms with Crippen molar-refractivity contribution < 1.29 is 29.2 Å². The van der Waals surface area contributed by atoms with E-state index in [9.17, 15) is 29.6 Å². The van der Waals surface area contributed by atoms with Crippen molar-refractivity contribution in [1.82, 2.24) is 0 Å². The van der Waals surface area contributed by atoms with Gasteiger partial charge in [0.05, 0.1) is 22.8 Å². The number of benzene rings is 2. The number of imide groups is 1. The van der Waals surface area contributed by atoms with Crippen molar-refractivity contribution in [3.8, 4) is 0 Å². The average Bonchev–Trinajstić information content (AvgIpc) is 3.10. The Bertz CT molecular complexity index is 1030. The zero-order chi connectivity index (χ0) is 22.4. The second kappa shape index (κ2) is 9.77. The zero-order valence-corrected chi connectivity index (χ0v) is 16.5. The molecule has 160 valence electrons. The second-order valence-electron chi connectivity index (χ2n) is 6.90. The van der Waals surface area contributed by atoms with Crippen LogP contribution in [0, 0.1) is 10.1 Å². The van der Waals surface area contributed by atoms with E-state index in [4.69, 9.17) is 4.74 Å². The number of nitro benzene ring substituents is 1. The maximum Gasteiger partial charge on any atom is 0.306 e. The first-order chi connectivity index (χ1) is 14.9. The van der Waals surface area contributed by atoms with Crippen LogP contribution in [0.1, 0.15) is 29.5 Å². The molecule has 31 heavy (non-hydrogen) atoms. The van der Waals surface area contributed by atoms with E-state index < -0.39 is 17.5 Å². The largest absolute Gasteiger partial charge is 0.461 e. The molecule has 0 fully saturated rings. The van der Waals surface area contributed by atoms with E-state index in [-0.39, 0.29) is 36.1 Å². The Morgan fingerprint density at radius 1 is 1.03 bits per heavy atom. The highest BCUT2D eigenvalue weighted by Crippen LogP contribution is 2.21. The molecule has 9 heteroatoms. The fourth-order valence-corrected chi connectivity index (χ4v) is 3.17. The van der Waals surface area contributed by atoms with E-state index in [1.54, 1.807) is 24.3 Å². The number of carbonyl (C=O) groups excluding carboxylic acids is 3. The van der Waals surface area contributed by atoms with Gasteiger partial charge < -0.3 is 9.84 Å². The number of nitrogens with zero attached hydrogens (tertiary/aromatic N) is 2. The fraction of sp³-hybridized carbons (Fsp3) is 0.227. The van der Waals surface area contributed by atoms with Gasteiger partial charge in [0.25, 0.3) is 17.5 Å². The molecule has 1 aliphatic heterocycles. The van der Waals surface area contributed by atoms with Crippen molar-refractivity contribution in [2.45, 2.75) is 32.5 Å². The lowest BCUT2D eigenvalue weighted by Gasteiger charge is -2.14. The first-order valence-electron chi connectivity index (χ1n) is 9.57. The Morgan fingerprint density at radius 3 is 2.29 bits per heavy atom. The summed E-state index contributed by atoms with van der Waals surface area (Å²) in [4.78, 5) is 46.7. The molecular weight excluding hydrogens is 404 g/mol. The highest BCUT2D eigenvalue weighted by atomic mass is 16.6. The number of anilines is 1. The van der Waals surface area contributed by atoms with Crippen LogP contribution in [0.5, 0.6) is 0 Å². The van der Waals surface area contributed by atoms with E-state index in [0.717, 1.165) is 10.5 Å². The molecule has 0 aromatic heterocycles. The normalized spacial score (nSPS) is 13.0. The van der Waals surface area contributed by atoms with Crippen LogP contribution in [0.25, 0.3) is 0 Å². The molecule has 2 amide bonds. The molecule has 1 N–H and O–H groups in total. The number of amides is 2. The maximum atomic E-state index is 12.0. The second-order valence-corrected chi connectivity index (χ2v) is 6.90. The van der Waals surface area contributed by atoms with E-state index >= 15 is 0 Å². The molecule has 3 rings (SSSR count). The number of aliphatic hydroxyl groups excluding tert-OH is 1. The number of nitro groups is 1. The summed E-state index contributed by atoms with van der Waals surface area (Å²) in [6, 6.07) is 11.2. The van der Waals surface area contributed by atoms with E-state index in [0.29, 0.717) is 24.1 Å². The van der Waals surface area contributed by atoms with Gasteiger partial charge in [-0.15, -0.1) is 0 Å². The standard InChI is InChI=1S/C22H20N2O7/c25-13-17-12-16(6-9-19(17)24(29)30)14-31-22(28)3-1-2-15-4-7-18(8-5-15)23-20(26)10-11-21(23)27/h4-12,25H,1-3,13-14H2. The van der Waals surface area contributed by atoms with Gasteiger partial charge in [-0.05, 0) is 48.2 Å². The van der Waals surface area contributed by atoms with Crippen LogP contribution in [-0.4, -0.2) is 27.8 Å². The summed E-state index contributed by atoms with van der Waals surface area (Å²) in [5.74, 6) is -1.15. The van der Waals surface area contributed by atoms with Crippen LogP contribution in [0.15, 0.2) is 54.6 Å². The van der Waals surface area contributed by atoms with Gasteiger partial charge in [0.15, 0.2) is 0 Å². The first kappa shape index (κ1) is 21.8. The minimum atomic E-state index is -0.578. The number of esters is 1. The molecular formula is C22H20N2O7. The van der Waals surface area contributed by atoms with Crippen LogP contribution in [-0.2, 0) is 38.8 Å². The molecule has 1 heterocycles. The summed E-state index contributed by atoms with van der Waals surface area (Å²) in [5, 5.41) is 20.1. The molecule has 2 aromatic carbocycles. The van der Waals surface area contributed by atoms with Crippen LogP contribution >= 0.6 is 0 Å². The molecule has 0 radical (unpaired) electrons.